The van der Waals surface area contributed by atoms with Gasteiger partial charge in [0.2, 0.25) is 17.7 Å². The fourth-order valence-corrected chi connectivity index (χ4v) is 4.45. The molecule has 4 atom stereocenters. The van der Waals surface area contributed by atoms with Gasteiger partial charge in [0.15, 0.2) is 0 Å². The van der Waals surface area contributed by atoms with Crippen LogP contribution < -0.4 is 21.7 Å². The van der Waals surface area contributed by atoms with Gasteiger partial charge in [-0.3, -0.25) is 14.4 Å². The van der Waals surface area contributed by atoms with Crippen molar-refractivity contribution in [1.82, 2.24) is 16.0 Å². The van der Waals surface area contributed by atoms with Crippen LogP contribution in [0.5, 0.6) is 17.2 Å². The largest absolute Gasteiger partial charge is 0.508 e. The van der Waals surface area contributed by atoms with Crippen LogP contribution >= 0.6 is 0 Å². The third kappa shape index (κ3) is 10.0. The maximum Gasteiger partial charge on any atom is 0.326 e. The van der Waals surface area contributed by atoms with Gasteiger partial charge >= 0.3 is 5.97 Å². The third-order valence-electron chi connectivity index (χ3n) is 6.98. The Morgan fingerprint density at radius 3 is 1.39 bits per heavy atom. The summed E-state index contributed by atoms with van der Waals surface area (Å²) in [5.74, 6) is -3.64. The zero-order valence-electron chi connectivity index (χ0n) is 24.4. The Balaban J connectivity index is 1.76. The van der Waals surface area contributed by atoms with E-state index >= 15 is 0 Å². The van der Waals surface area contributed by atoms with Crippen LogP contribution in [0.25, 0.3) is 0 Å². The van der Waals surface area contributed by atoms with Gasteiger partial charge in [0.05, 0.1) is 6.04 Å². The van der Waals surface area contributed by atoms with Crippen molar-refractivity contribution in [2.75, 3.05) is 0 Å². The molecular weight excluding hydrogens is 568 g/mol. The summed E-state index contributed by atoms with van der Waals surface area (Å²) in [6, 6.07) is 13.4. The number of amides is 3. The molecule has 12 nitrogen and oxygen atoms in total. The highest BCUT2D eigenvalue weighted by Gasteiger charge is 2.32. The summed E-state index contributed by atoms with van der Waals surface area (Å²) >= 11 is 0. The monoisotopic (exact) mass is 606 g/mol. The highest BCUT2D eigenvalue weighted by atomic mass is 16.4. The average Bonchev–Trinajstić information content (AvgIpc) is 2.98. The number of carboxylic acids is 1. The number of phenolic OH excluding ortho intramolecular Hbond substituents is 3. The second kappa shape index (κ2) is 15.4. The first kappa shape index (κ1) is 33.4. The molecule has 0 radical (unpaired) electrons. The van der Waals surface area contributed by atoms with Crippen molar-refractivity contribution in [3.8, 4) is 17.2 Å². The predicted octanol–water partition coefficient (Wildman–Crippen LogP) is 1.35. The average molecular weight is 607 g/mol. The molecule has 0 aliphatic rings. The molecular formula is C32H38N4O8. The van der Waals surface area contributed by atoms with E-state index in [0.717, 1.165) is 0 Å². The van der Waals surface area contributed by atoms with Crippen LogP contribution in [0.15, 0.2) is 72.8 Å². The quantitative estimate of drug-likeness (QED) is 0.133. The SMILES string of the molecule is CC(C)C(NC(=O)C(N)Cc1ccc(O)cc1)C(=O)NC(Cc1ccc(O)cc1)C(=O)NC(Cc1ccc(O)cc1)C(=O)O. The number of hydrogen-bond donors (Lipinski definition) is 8. The number of aromatic hydroxyl groups is 3. The zero-order valence-corrected chi connectivity index (χ0v) is 24.4. The van der Waals surface area contributed by atoms with E-state index in [2.05, 4.69) is 16.0 Å². The van der Waals surface area contributed by atoms with Crippen LogP contribution in [0, 0.1) is 5.92 Å². The van der Waals surface area contributed by atoms with E-state index in [4.69, 9.17) is 5.73 Å². The molecule has 3 amide bonds. The van der Waals surface area contributed by atoms with Crippen molar-refractivity contribution in [3.63, 3.8) is 0 Å². The normalized spacial score (nSPS) is 13.7. The number of aliphatic carboxylic acids is 1. The predicted molar refractivity (Wildman–Crippen MR) is 162 cm³/mol. The van der Waals surface area contributed by atoms with Gasteiger partial charge in [-0.25, -0.2) is 4.79 Å². The highest BCUT2D eigenvalue weighted by molar-refractivity contribution is 5.94. The second-order valence-corrected chi connectivity index (χ2v) is 10.9. The van der Waals surface area contributed by atoms with Crippen LogP contribution in [0.2, 0.25) is 0 Å². The number of nitrogens with one attached hydrogen (secondary N) is 3. The molecule has 234 valence electrons. The van der Waals surface area contributed by atoms with E-state index < -0.39 is 53.8 Å². The zero-order chi connectivity index (χ0) is 32.4. The molecule has 0 bridgehead atoms. The first-order valence-electron chi connectivity index (χ1n) is 14.1. The Bertz CT molecular complexity index is 1430. The summed E-state index contributed by atoms with van der Waals surface area (Å²) < 4.78 is 0. The van der Waals surface area contributed by atoms with Crippen molar-refractivity contribution in [2.24, 2.45) is 11.7 Å². The molecule has 0 saturated heterocycles. The topological polar surface area (TPSA) is 211 Å². The minimum Gasteiger partial charge on any atom is -0.508 e. The molecule has 9 N–H and O–H groups in total. The van der Waals surface area contributed by atoms with Gasteiger partial charge in [-0.05, 0) is 65.4 Å². The van der Waals surface area contributed by atoms with E-state index in [-0.39, 0.29) is 36.5 Å². The molecule has 3 aromatic carbocycles. The lowest BCUT2D eigenvalue weighted by atomic mass is 9.99. The summed E-state index contributed by atoms with van der Waals surface area (Å²) in [5, 5.41) is 46.3. The Morgan fingerprint density at radius 1 is 0.591 bits per heavy atom. The van der Waals surface area contributed by atoms with Gasteiger partial charge in [-0.2, -0.15) is 0 Å². The van der Waals surface area contributed by atoms with Crippen molar-refractivity contribution >= 4 is 23.7 Å². The molecule has 4 unspecified atom stereocenters. The molecule has 12 heteroatoms. The summed E-state index contributed by atoms with van der Waals surface area (Å²) in [6.07, 6.45) is 0.0371. The number of carboxylic acid groups (broad SMARTS) is 1. The lowest BCUT2D eigenvalue weighted by Crippen LogP contribution is -2.59. The molecule has 3 rings (SSSR count). The van der Waals surface area contributed by atoms with Crippen molar-refractivity contribution in [1.29, 1.82) is 0 Å². The van der Waals surface area contributed by atoms with E-state index in [9.17, 15) is 39.6 Å². The van der Waals surface area contributed by atoms with E-state index in [1.165, 1.54) is 48.5 Å². The third-order valence-corrected chi connectivity index (χ3v) is 6.98. The standard InChI is InChI=1S/C32H38N4O8/c1-18(2)28(36-29(40)25(33)15-19-3-9-22(37)10-4-19)31(42)34-26(16-20-5-11-23(38)12-6-20)30(41)35-27(32(43)44)17-21-7-13-24(39)14-8-21/h3-14,18,25-28,37-39H,15-17,33H2,1-2H3,(H,34,42)(H,35,41)(H,36,40)(H,43,44). The fourth-order valence-electron chi connectivity index (χ4n) is 4.45. The van der Waals surface area contributed by atoms with Crippen LogP contribution in [0.3, 0.4) is 0 Å². The van der Waals surface area contributed by atoms with E-state index in [1.54, 1.807) is 38.1 Å². The van der Waals surface area contributed by atoms with Crippen molar-refractivity contribution < 1.29 is 39.6 Å². The Kier molecular flexibility index (Phi) is 11.7. The Morgan fingerprint density at radius 2 is 0.977 bits per heavy atom. The lowest BCUT2D eigenvalue weighted by Gasteiger charge is -2.27. The van der Waals surface area contributed by atoms with Gasteiger partial charge in [0.25, 0.3) is 0 Å². The maximum absolute atomic E-state index is 13.5. The molecule has 0 heterocycles. The van der Waals surface area contributed by atoms with Gasteiger partial charge in [-0.15, -0.1) is 0 Å². The Hall–Kier alpha value is -5.10. The molecule has 3 aromatic rings. The number of benzene rings is 3. The van der Waals surface area contributed by atoms with Crippen LogP contribution in [-0.2, 0) is 38.4 Å². The highest BCUT2D eigenvalue weighted by Crippen LogP contribution is 2.15. The molecule has 0 aliphatic heterocycles. The number of rotatable bonds is 14. The number of phenols is 3. The molecule has 0 aliphatic carbocycles. The van der Waals surface area contributed by atoms with Gasteiger partial charge in [0, 0.05) is 12.8 Å². The summed E-state index contributed by atoms with van der Waals surface area (Å²) in [7, 11) is 0. The molecule has 0 fully saturated rings. The fraction of sp³-hybridized carbons (Fsp3) is 0.312. The van der Waals surface area contributed by atoms with Crippen molar-refractivity contribution in [3.05, 3.63) is 89.5 Å². The molecule has 0 spiro atoms. The van der Waals surface area contributed by atoms with Crippen LogP contribution in [0.4, 0.5) is 0 Å². The molecule has 44 heavy (non-hydrogen) atoms. The number of hydrogen-bond acceptors (Lipinski definition) is 8. The number of carbonyl (C=O) groups excluding carboxylic acids is 3. The van der Waals surface area contributed by atoms with E-state index in [1.807, 2.05) is 0 Å². The number of nitrogens with two attached hydrogens (primary N) is 1. The van der Waals surface area contributed by atoms with Crippen molar-refractivity contribution in [2.45, 2.75) is 57.3 Å². The first-order chi connectivity index (χ1) is 20.8. The summed E-state index contributed by atoms with van der Waals surface area (Å²) in [6.45, 7) is 3.42. The number of carbonyl (C=O) groups is 4. The van der Waals surface area contributed by atoms with Gasteiger partial charge < -0.3 is 42.1 Å². The minimum absolute atomic E-state index is 0.00449. The lowest BCUT2D eigenvalue weighted by molar-refractivity contribution is -0.142. The summed E-state index contributed by atoms with van der Waals surface area (Å²) in [4.78, 5) is 51.9. The first-order valence-corrected chi connectivity index (χ1v) is 14.1. The van der Waals surface area contributed by atoms with Crippen LogP contribution in [-0.4, -0.2) is 68.3 Å². The molecule has 0 saturated carbocycles. The van der Waals surface area contributed by atoms with Gasteiger partial charge in [0.1, 0.15) is 35.4 Å². The minimum atomic E-state index is -1.34. The maximum atomic E-state index is 13.5. The second-order valence-electron chi connectivity index (χ2n) is 10.9. The Labute approximate surface area is 254 Å². The van der Waals surface area contributed by atoms with Gasteiger partial charge in [-0.1, -0.05) is 50.2 Å². The smallest absolute Gasteiger partial charge is 0.326 e. The van der Waals surface area contributed by atoms with Crippen LogP contribution in [0.1, 0.15) is 30.5 Å². The molecule has 0 aromatic heterocycles. The summed E-state index contributed by atoms with van der Waals surface area (Å²) in [5.41, 5.74) is 7.94. The van der Waals surface area contributed by atoms with E-state index in [0.29, 0.717) is 16.7 Å².